The lowest BCUT2D eigenvalue weighted by Crippen LogP contribution is -2.56. The Morgan fingerprint density at radius 2 is 2.04 bits per heavy atom. The third-order valence-electron chi connectivity index (χ3n) is 3.91. The van der Waals surface area contributed by atoms with Gasteiger partial charge >= 0.3 is 6.18 Å². The van der Waals surface area contributed by atoms with Crippen LogP contribution in [0.2, 0.25) is 0 Å². The number of hydrogen-bond donors (Lipinski definition) is 1. The zero-order valence-electron chi connectivity index (χ0n) is 13.6. The van der Waals surface area contributed by atoms with Crippen molar-refractivity contribution in [1.29, 1.82) is 0 Å². The van der Waals surface area contributed by atoms with Gasteiger partial charge in [0.05, 0.1) is 24.9 Å². The molecule has 2 heterocycles. The summed E-state index contributed by atoms with van der Waals surface area (Å²) in [6.07, 6.45) is -4.64. The van der Waals surface area contributed by atoms with E-state index in [0.29, 0.717) is 5.75 Å². The van der Waals surface area contributed by atoms with Gasteiger partial charge in [-0.15, -0.1) is 0 Å². The van der Waals surface area contributed by atoms with E-state index in [9.17, 15) is 23.1 Å². The number of methoxy groups -OCH3 is 1. The summed E-state index contributed by atoms with van der Waals surface area (Å²) in [7, 11) is 1.36. The topological polar surface area (TPSA) is 75.0 Å². The van der Waals surface area contributed by atoms with Gasteiger partial charge in [-0.05, 0) is 30.3 Å². The average molecular weight is 365 g/mol. The molecule has 0 saturated heterocycles. The second-order valence-corrected chi connectivity index (χ2v) is 5.60. The third kappa shape index (κ3) is 3.01. The molecule has 1 aromatic heterocycles. The number of pyridine rings is 1. The van der Waals surface area contributed by atoms with E-state index in [1.807, 2.05) is 0 Å². The summed E-state index contributed by atoms with van der Waals surface area (Å²) < 4.78 is 45.6. The van der Waals surface area contributed by atoms with Crippen LogP contribution in [0.15, 0.2) is 53.8 Å². The first-order valence-corrected chi connectivity index (χ1v) is 7.53. The quantitative estimate of drug-likeness (QED) is 0.907. The van der Waals surface area contributed by atoms with Gasteiger partial charge in [-0.2, -0.15) is 23.3 Å². The maximum atomic E-state index is 13.5. The SMILES string of the molecule is COc1cccc(C(=O)N2N=C(c3ccccn3)C[C@]2(O)C(F)(F)F)c1. The summed E-state index contributed by atoms with van der Waals surface area (Å²) in [6.45, 7) is 0. The van der Waals surface area contributed by atoms with Gasteiger partial charge in [-0.25, -0.2) is 0 Å². The first kappa shape index (κ1) is 17.9. The fraction of sp³-hybridized carbons (Fsp3) is 0.235. The molecule has 1 amide bonds. The standard InChI is InChI=1S/C17H14F3N3O3/c1-26-12-6-4-5-11(9-12)15(24)23-16(25,17(18,19)20)10-14(22-23)13-7-2-3-8-21-13/h2-9,25H,10H2,1H3/t16-/m0/s1. The zero-order chi connectivity index (χ0) is 18.9. The highest BCUT2D eigenvalue weighted by Crippen LogP contribution is 2.41. The number of rotatable bonds is 3. The highest BCUT2D eigenvalue weighted by molar-refractivity contribution is 6.04. The Kier molecular flexibility index (Phi) is 4.41. The predicted molar refractivity (Wildman–Crippen MR) is 85.6 cm³/mol. The fourth-order valence-corrected chi connectivity index (χ4v) is 2.53. The van der Waals surface area contributed by atoms with Crippen LogP contribution in [0.1, 0.15) is 22.5 Å². The predicted octanol–water partition coefficient (Wildman–Crippen LogP) is 2.59. The Bertz CT molecular complexity index is 855. The molecule has 0 saturated carbocycles. The molecule has 1 atom stereocenters. The number of carbonyl (C=O) groups is 1. The molecule has 0 unspecified atom stereocenters. The van der Waals surface area contributed by atoms with Crippen LogP contribution in [0.5, 0.6) is 5.75 Å². The summed E-state index contributed by atoms with van der Waals surface area (Å²) in [5.74, 6) is -0.811. The van der Waals surface area contributed by atoms with Gasteiger partial charge < -0.3 is 9.84 Å². The fourth-order valence-electron chi connectivity index (χ4n) is 2.53. The van der Waals surface area contributed by atoms with E-state index in [1.54, 1.807) is 18.2 Å². The van der Waals surface area contributed by atoms with Crippen LogP contribution in [0.3, 0.4) is 0 Å². The van der Waals surface area contributed by atoms with Crippen molar-refractivity contribution in [2.45, 2.75) is 18.3 Å². The number of carbonyl (C=O) groups excluding carboxylic acids is 1. The second-order valence-electron chi connectivity index (χ2n) is 5.60. The number of benzene rings is 1. The minimum atomic E-state index is -5.11. The molecule has 0 radical (unpaired) electrons. The molecule has 1 aliphatic rings. The van der Waals surface area contributed by atoms with Gasteiger partial charge in [0, 0.05) is 11.8 Å². The second kappa shape index (κ2) is 6.41. The van der Waals surface area contributed by atoms with E-state index in [-0.39, 0.29) is 22.0 Å². The molecule has 136 valence electrons. The Hall–Kier alpha value is -2.94. The number of ether oxygens (including phenoxy) is 1. The normalized spacial score (nSPS) is 20.0. The number of aliphatic hydroxyl groups is 1. The number of hydrazone groups is 1. The van der Waals surface area contributed by atoms with Gasteiger partial charge in [-0.1, -0.05) is 12.1 Å². The van der Waals surface area contributed by atoms with Crippen molar-refractivity contribution in [2.75, 3.05) is 7.11 Å². The number of halogens is 3. The molecule has 6 nitrogen and oxygen atoms in total. The van der Waals surface area contributed by atoms with Crippen molar-refractivity contribution in [3.05, 3.63) is 59.9 Å². The summed E-state index contributed by atoms with van der Waals surface area (Å²) in [6, 6.07) is 10.2. The van der Waals surface area contributed by atoms with Crippen LogP contribution < -0.4 is 4.74 Å². The Morgan fingerprint density at radius 1 is 1.27 bits per heavy atom. The largest absolute Gasteiger partial charge is 0.497 e. The summed E-state index contributed by atoms with van der Waals surface area (Å²) in [5, 5.41) is 14.1. The molecule has 1 aromatic carbocycles. The molecule has 0 spiro atoms. The van der Waals surface area contributed by atoms with Crippen molar-refractivity contribution in [3.63, 3.8) is 0 Å². The minimum absolute atomic E-state index is 0.0613. The van der Waals surface area contributed by atoms with Crippen LogP contribution in [-0.4, -0.2) is 45.7 Å². The van der Waals surface area contributed by atoms with Crippen LogP contribution in [-0.2, 0) is 0 Å². The molecule has 0 fully saturated rings. The lowest BCUT2D eigenvalue weighted by molar-refractivity contribution is -0.297. The smallest absolute Gasteiger partial charge is 0.438 e. The molecule has 9 heteroatoms. The summed E-state index contributed by atoms with van der Waals surface area (Å²) in [4.78, 5) is 16.6. The minimum Gasteiger partial charge on any atom is -0.497 e. The van der Waals surface area contributed by atoms with Crippen molar-refractivity contribution in [3.8, 4) is 5.75 Å². The van der Waals surface area contributed by atoms with Gasteiger partial charge in [0.15, 0.2) is 0 Å². The highest BCUT2D eigenvalue weighted by Gasteiger charge is 2.63. The summed E-state index contributed by atoms with van der Waals surface area (Å²) >= 11 is 0. The Balaban J connectivity index is 2.04. The molecule has 3 rings (SSSR count). The molecule has 2 aromatic rings. The maximum absolute atomic E-state index is 13.5. The van der Waals surface area contributed by atoms with E-state index in [0.717, 1.165) is 0 Å². The maximum Gasteiger partial charge on any atom is 0.438 e. The van der Waals surface area contributed by atoms with Gasteiger partial charge in [0.2, 0.25) is 0 Å². The van der Waals surface area contributed by atoms with Gasteiger partial charge in [-0.3, -0.25) is 9.78 Å². The monoisotopic (exact) mass is 365 g/mol. The van der Waals surface area contributed by atoms with E-state index in [2.05, 4.69) is 10.1 Å². The lowest BCUT2D eigenvalue weighted by Gasteiger charge is -2.32. The zero-order valence-corrected chi connectivity index (χ0v) is 13.6. The van der Waals surface area contributed by atoms with Crippen LogP contribution in [0.25, 0.3) is 0 Å². The highest BCUT2D eigenvalue weighted by atomic mass is 19.4. The van der Waals surface area contributed by atoms with Crippen LogP contribution >= 0.6 is 0 Å². The third-order valence-corrected chi connectivity index (χ3v) is 3.91. The van der Waals surface area contributed by atoms with Crippen LogP contribution in [0.4, 0.5) is 13.2 Å². The van der Waals surface area contributed by atoms with E-state index >= 15 is 0 Å². The summed E-state index contributed by atoms with van der Waals surface area (Å²) in [5.41, 5.74) is -3.55. The van der Waals surface area contributed by atoms with E-state index in [1.165, 1.54) is 37.6 Å². The number of amides is 1. The number of nitrogens with zero attached hydrogens (tertiary/aromatic N) is 3. The van der Waals surface area contributed by atoms with Gasteiger partial charge in [0.1, 0.15) is 5.75 Å². The molecule has 0 bridgehead atoms. The first-order chi connectivity index (χ1) is 12.3. The molecular formula is C17H14F3N3O3. The molecule has 0 aliphatic carbocycles. The number of hydrogen-bond acceptors (Lipinski definition) is 5. The number of aromatic nitrogens is 1. The van der Waals surface area contributed by atoms with Crippen molar-refractivity contribution < 1.29 is 27.8 Å². The van der Waals surface area contributed by atoms with Crippen molar-refractivity contribution in [1.82, 2.24) is 9.99 Å². The van der Waals surface area contributed by atoms with Crippen molar-refractivity contribution in [2.24, 2.45) is 5.10 Å². The lowest BCUT2D eigenvalue weighted by atomic mass is 10.0. The molecule has 26 heavy (non-hydrogen) atoms. The van der Waals surface area contributed by atoms with E-state index < -0.39 is 24.2 Å². The van der Waals surface area contributed by atoms with Crippen LogP contribution in [0, 0.1) is 0 Å². The Labute approximate surface area is 146 Å². The average Bonchev–Trinajstić information content (AvgIpc) is 3.01. The Morgan fingerprint density at radius 3 is 2.65 bits per heavy atom. The van der Waals surface area contributed by atoms with Crippen molar-refractivity contribution >= 4 is 11.6 Å². The molecule has 1 N–H and O–H groups in total. The first-order valence-electron chi connectivity index (χ1n) is 7.53. The number of alkyl halides is 3. The molecular weight excluding hydrogens is 351 g/mol. The van der Waals surface area contributed by atoms with E-state index in [4.69, 9.17) is 4.74 Å². The molecule has 1 aliphatic heterocycles. The van der Waals surface area contributed by atoms with Gasteiger partial charge in [0.25, 0.3) is 11.6 Å².